The largest absolute Gasteiger partial charge is 0.485 e. The predicted molar refractivity (Wildman–Crippen MR) is 55.4 cm³/mol. The maximum atomic E-state index is 10.4. The van der Waals surface area contributed by atoms with E-state index in [4.69, 9.17) is 4.74 Å². The fraction of sp³-hybridized carbons (Fsp3) is 0.100. The summed E-state index contributed by atoms with van der Waals surface area (Å²) in [6.07, 6.45) is 9.90. The number of allylic oxidation sites excluding steroid dienone is 3. The van der Waals surface area contributed by atoms with Gasteiger partial charge in [-0.15, -0.1) is 0 Å². The molecule has 13 heavy (non-hydrogen) atoms. The highest BCUT2D eigenvalue weighted by Crippen LogP contribution is 2.42. The van der Waals surface area contributed by atoms with Gasteiger partial charge < -0.3 is 4.74 Å². The standard InChI is InChI=1S/C10H10O2S/c11-7-9-3-4-10(8-12-9)13-5-1-2-6-13/h1-9,13H. The molecule has 0 aromatic rings. The first-order valence-corrected chi connectivity index (χ1v) is 5.50. The molecular formula is C10H10O2S. The van der Waals surface area contributed by atoms with Gasteiger partial charge in [0.1, 0.15) is 0 Å². The molecule has 0 bridgehead atoms. The van der Waals surface area contributed by atoms with E-state index >= 15 is 0 Å². The molecule has 0 amide bonds. The molecule has 0 fully saturated rings. The molecule has 0 saturated heterocycles. The summed E-state index contributed by atoms with van der Waals surface area (Å²) in [5, 5.41) is 4.30. The zero-order valence-electron chi connectivity index (χ0n) is 6.96. The Labute approximate surface area is 79.6 Å². The summed E-state index contributed by atoms with van der Waals surface area (Å²) < 4.78 is 5.18. The lowest BCUT2D eigenvalue weighted by atomic mass is 10.3. The number of carbonyl (C=O) groups is 1. The molecule has 2 aliphatic heterocycles. The van der Waals surface area contributed by atoms with Gasteiger partial charge in [0.25, 0.3) is 0 Å². The molecule has 2 nitrogen and oxygen atoms in total. The van der Waals surface area contributed by atoms with Crippen LogP contribution >= 0.6 is 10.9 Å². The maximum Gasteiger partial charge on any atom is 0.171 e. The average molecular weight is 194 g/mol. The van der Waals surface area contributed by atoms with Crippen LogP contribution in [0.25, 0.3) is 0 Å². The third kappa shape index (κ3) is 1.75. The highest BCUT2D eigenvalue weighted by Gasteiger charge is 2.11. The van der Waals surface area contributed by atoms with Gasteiger partial charge in [-0.25, -0.2) is 0 Å². The predicted octanol–water partition coefficient (Wildman–Crippen LogP) is 2.02. The first kappa shape index (κ1) is 8.38. The van der Waals surface area contributed by atoms with Gasteiger partial charge in [-0.3, -0.25) is 4.79 Å². The molecule has 68 valence electrons. The second kappa shape index (κ2) is 3.66. The maximum absolute atomic E-state index is 10.4. The monoisotopic (exact) mass is 194 g/mol. The van der Waals surface area contributed by atoms with E-state index in [2.05, 4.69) is 10.8 Å². The molecule has 0 spiro atoms. The highest BCUT2D eigenvalue weighted by atomic mass is 32.2. The van der Waals surface area contributed by atoms with E-state index in [1.807, 2.05) is 18.2 Å². The van der Waals surface area contributed by atoms with Gasteiger partial charge in [0.15, 0.2) is 12.4 Å². The van der Waals surface area contributed by atoms with E-state index in [0.717, 1.165) is 11.2 Å². The molecule has 0 radical (unpaired) electrons. The minimum Gasteiger partial charge on any atom is -0.485 e. The molecular weight excluding hydrogens is 184 g/mol. The van der Waals surface area contributed by atoms with Crippen molar-refractivity contribution >= 4 is 17.2 Å². The molecule has 1 atom stereocenters. The van der Waals surface area contributed by atoms with Gasteiger partial charge in [0.05, 0.1) is 6.26 Å². The van der Waals surface area contributed by atoms with Crippen molar-refractivity contribution in [3.63, 3.8) is 0 Å². The van der Waals surface area contributed by atoms with Gasteiger partial charge in [0, 0.05) is 4.91 Å². The van der Waals surface area contributed by atoms with Crippen LogP contribution in [0.4, 0.5) is 0 Å². The van der Waals surface area contributed by atoms with Crippen LogP contribution in [0.1, 0.15) is 0 Å². The number of thiol groups is 1. The Hall–Kier alpha value is -1.22. The topological polar surface area (TPSA) is 26.3 Å². The quantitative estimate of drug-likeness (QED) is 0.537. The summed E-state index contributed by atoms with van der Waals surface area (Å²) in [7, 11) is -0.315. The van der Waals surface area contributed by atoms with Crippen LogP contribution in [0.2, 0.25) is 0 Å². The normalized spacial score (nSPS) is 27.2. The number of aldehydes is 1. The van der Waals surface area contributed by atoms with Crippen molar-refractivity contribution in [3.05, 3.63) is 46.3 Å². The number of hydrogen-bond donors (Lipinski definition) is 1. The Bertz CT molecular complexity index is 314. The van der Waals surface area contributed by atoms with Crippen LogP contribution in [0, 0.1) is 0 Å². The van der Waals surface area contributed by atoms with E-state index < -0.39 is 6.10 Å². The Morgan fingerprint density at radius 1 is 1.38 bits per heavy atom. The lowest BCUT2D eigenvalue weighted by Crippen LogP contribution is -2.10. The molecule has 0 aliphatic carbocycles. The van der Waals surface area contributed by atoms with Gasteiger partial charge in [-0.1, -0.05) is 12.2 Å². The molecule has 1 unspecified atom stereocenters. The van der Waals surface area contributed by atoms with Crippen LogP contribution in [-0.4, -0.2) is 12.4 Å². The van der Waals surface area contributed by atoms with Crippen molar-refractivity contribution in [2.24, 2.45) is 0 Å². The van der Waals surface area contributed by atoms with Gasteiger partial charge >= 0.3 is 0 Å². The van der Waals surface area contributed by atoms with Crippen LogP contribution < -0.4 is 0 Å². The third-order valence-electron chi connectivity index (χ3n) is 1.84. The molecule has 2 heterocycles. The average Bonchev–Trinajstić information content (AvgIpc) is 2.71. The van der Waals surface area contributed by atoms with Crippen LogP contribution in [-0.2, 0) is 9.53 Å². The van der Waals surface area contributed by atoms with Crippen LogP contribution in [0.3, 0.4) is 0 Å². The van der Waals surface area contributed by atoms with E-state index in [-0.39, 0.29) is 10.9 Å². The number of hydrogen-bond acceptors (Lipinski definition) is 2. The van der Waals surface area contributed by atoms with Crippen molar-refractivity contribution in [3.8, 4) is 0 Å². The second-order valence-electron chi connectivity index (χ2n) is 2.73. The van der Waals surface area contributed by atoms with Crippen molar-refractivity contribution in [1.29, 1.82) is 0 Å². The SMILES string of the molecule is O=CC1C=CC([SH]2C=CC=C2)=CO1. The summed E-state index contributed by atoms with van der Waals surface area (Å²) >= 11 is 0. The van der Waals surface area contributed by atoms with E-state index in [1.165, 1.54) is 0 Å². The lowest BCUT2D eigenvalue weighted by Gasteiger charge is -2.17. The molecule has 2 rings (SSSR count). The van der Waals surface area contributed by atoms with Crippen molar-refractivity contribution in [2.75, 3.05) is 0 Å². The van der Waals surface area contributed by atoms with Crippen LogP contribution in [0.5, 0.6) is 0 Å². The molecule has 2 aliphatic rings. The fourth-order valence-corrected chi connectivity index (χ4v) is 2.61. The van der Waals surface area contributed by atoms with Crippen molar-refractivity contribution < 1.29 is 9.53 Å². The first-order chi connectivity index (χ1) is 6.40. The zero-order valence-corrected chi connectivity index (χ0v) is 7.85. The summed E-state index contributed by atoms with van der Waals surface area (Å²) in [6.45, 7) is 0. The summed E-state index contributed by atoms with van der Waals surface area (Å²) in [6, 6.07) is 0. The third-order valence-corrected chi connectivity index (χ3v) is 3.68. The Morgan fingerprint density at radius 3 is 2.69 bits per heavy atom. The zero-order chi connectivity index (χ0) is 9.10. The first-order valence-electron chi connectivity index (χ1n) is 4.02. The Balaban J connectivity index is 2.08. The van der Waals surface area contributed by atoms with Gasteiger partial charge in [-0.05, 0) is 23.0 Å². The molecule has 0 aromatic heterocycles. The highest BCUT2D eigenvalue weighted by molar-refractivity contribution is 8.25. The minimum atomic E-state index is -0.394. The van der Waals surface area contributed by atoms with E-state index in [1.54, 1.807) is 12.3 Å². The van der Waals surface area contributed by atoms with Crippen molar-refractivity contribution in [2.45, 2.75) is 6.10 Å². The van der Waals surface area contributed by atoms with Crippen LogP contribution in [0.15, 0.2) is 46.3 Å². The molecule has 3 heteroatoms. The molecule has 0 aromatic carbocycles. The number of carbonyl (C=O) groups excluding carboxylic acids is 1. The summed E-state index contributed by atoms with van der Waals surface area (Å²) in [5.41, 5.74) is 0. The molecule has 0 N–H and O–H groups in total. The Morgan fingerprint density at radius 2 is 2.15 bits per heavy atom. The van der Waals surface area contributed by atoms with Crippen molar-refractivity contribution in [1.82, 2.24) is 0 Å². The number of rotatable bonds is 2. The Kier molecular flexibility index (Phi) is 2.36. The number of ether oxygens (including phenoxy) is 1. The summed E-state index contributed by atoms with van der Waals surface area (Å²) in [5.74, 6) is 0. The van der Waals surface area contributed by atoms with E-state index in [0.29, 0.717) is 0 Å². The van der Waals surface area contributed by atoms with Gasteiger partial charge in [0.2, 0.25) is 0 Å². The van der Waals surface area contributed by atoms with E-state index in [9.17, 15) is 4.79 Å². The smallest absolute Gasteiger partial charge is 0.171 e. The molecule has 0 saturated carbocycles. The van der Waals surface area contributed by atoms with Gasteiger partial charge in [-0.2, -0.15) is 10.9 Å². The lowest BCUT2D eigenvalue weighted by molar-refractivity contribution is -0.113. The minimum absolute atomic E-state index is 0.315. The second-order valence-corrected chi connectivity index (χ2v) is 4.66. The fourth-order valence-electron chi connectivity index (χ4n) is 1.16. The summed E-state index contributed by atoms with van der Waals surface area (Å²) in [4.78, 5) is 11.5.